The summed E-state index contributed by atoms with van der Waals surface area (Å²) in [5, 5.41) is 9.27. The van der Waals surface area contributed by atoms with E-state index in [0.717, 1.165) is 32.2 Å². The van der Waals surface area contributed by atoms with Gasteiger partial charge in [-0.2, -0.15) is 0 Å². The van der Waals surface area contributed by atoms with Gasteiger partial charge in [-0.05, 0) is 43.6 Å². The van der Waals surface area contributed by atoms with Crippen molar-refractivity contribution in [2.24, 2.45) is 17.1 Å². The van der Waals surface area contributed by atoms with Crippen molar-refractivity contribution in [1.82, 2.24) is 4.90 Å². The van der Waals surface area contributed by atoms with Crippen LogP contribution < -0.4 is 5.73 Å². The number of carbonyl (C=O) groups is 1. The molecule has 0 aromatic heterocycles. The lowest BCUT2D eigenvalue weighted by Crippen LogP contribution is -2.38. The van der Waals surface area contributed by atoms with Crippen molar-refractivity contribution in [3.8, 4) is 0 Å². The van der Waals surface area contributed by atoms with Gasteiger partial charge in [-0.15, -0.1) is 0 Å². The molecule has 0 aliphatic carbocycles. The molecule has 0 radical (unpaired) electrons. The topological polar surface area (TPSA) is 66.6 Å². The van der Waals surface area contributed by atoms with Crippen molar-refractivity contribution < 1.29 is 9.90 Å². The second-order valence-electron chi connectivity index (χ2n) is 6.74. The Hall–Kier alpha value is -0.610. The molecule has 0 aromatic carbocycles. The summed E-state index contributed by atoms with van der Waals surface area (Å²) in [4.78, 5) is 14.1. The van der Waals surface area contributed by atoms with Gasteiger partial charge in [-0.3, -0.25) is 4.79 Å². The van der Waals surface area contributed by atoms with Crippen molar-refractivity contribution in [2.45, 2.75) is 58.9 Å². The SMILES string of the molecule is CC(C)(C)C(CCN)CCC(=O)N1CCC[C@H]1CO. The highest BCUT2D eigenvalue weighted by Gasteiger charge is 2.30. The molecule has 0 bridgehead atoms. The Kier molecular flexibility index (Phi) is 6.27. The highest BCUT2D eigenvalue weighted by atomic mass is 16.3. The summed E-state index contributed by atoms with van der Waals surface area (Å²) in [6.45, 7) is 8.22. The molecule has 1 unspecified atom stereocenters. The Balaban J connectivity index is 2.47. The Bertz CT molecular complexity index is 286. The zero-order valence-electron chi connectivity index (χ0n) is 12.7. The third-order valence-electron chi connectivity index (χ3n) is 4.35. The molecule has 19 heavy (non-hydrogen) atoms. The molecule has 3 N–H and O–H groups in total. The number of likely N-dealkylation sites (tertiary alicyclic amines) is 1. The average Bonchev–Trinajstić information content (AvgIpc) is 2.80. The highest BCUT2D eigenvalue weighted by molar-refractivity contribution is 5.76. The molecule has 1 rings (SSSR count). The first-order valence-corrected chi connectivity index (χ1v) is 7.50. The molecule has 112 valence electrons. The Morgan fingerprint density at radius 1 is 1.42 bits per heavy atom. The minimum absolute atomic E-state index is 0.0510. The van der Waals surface area contributed by atoms with E-state index >= 15 is 0 Å². The molecular weight excluding hydrogens is 240 g/mol. The first-order valence-electron chi connectivity index (χ1n) is 7.50. The fourth-order valence-corrected chi connectivity index (χ4v) is 3.01. The molecule has 2 atom stereocenters. The largest absolute Gasteiger partial charge is 0.394 e. The first-order chi connectivity index (χ1) is 8.90. The van der Waals surface area contributed by atoms with E-state index < -0.39 is 0 Å². The van der Waals surface area contributed by atoms with Crippen LogP contribution in [0.1, 0.15) is 52.9 Å². The number of nitrogens with zero attached hydrogens (tertiary/aromatic N) is 1. The zero-order valence-corrected chi connectivity index (χ0v) is 12.7. The summed E-state index contributed by atoms with van der Waals surface area (Å²) in [7, 11) is 0. The van der Waals surface area contributed by atoms with Crippen molar-refractivity contribution in [3.63, 3.8) is 0 Å². The van der Waals surface area contributed by atoms with E-state index in [9.17, 15) is 9.90 Å². The number of amides is 1. The fraction of sp³-hybridized carbons (Fsp3) is 0.933. The molecule has 1 fully saturated rings. The molecule has 0 aromatic rings. The maximum Gasteiger partial charge on any atom is 0.222 e. The van der Waals surface area contributed by atoms with Crippen molar-refractivity contribution >= 4 is 5.91 Å². The predicted octanol–water partition coefficient (Wildman–Crippen LogP) is 1.76. The number of nitrogens with two attached hydrogens (primary N) is 1. The van der Waals surface area contributed by atoms with Gasteiger partial charge >= 0.3 is 0 Å². The first kappa shape index (κ1) is 16.4. The number of carbonyl (C=O) groups excluding carboxylic acids is 1. The molecule has 4 heteroatoms. The summed E-state index contributed by atoms with van der Waals surface area (Å²) in [6.07, 6.45) is 4.41. The van der Waals surface area contributed by atoms with Gasteiger partial charge in [0.2, 0.25) is 5.91 Å². The lowest BCUT2D eigenvalue weighted by Gasteiger charge is -2.31. The maximum absolute atomic E-state index is 12.2. The Morgan fingerprint density at radius 2 is 2.11 bits per heavy atom. The lowest BCUT2D eigenvalue weighted by atomic mass is 9.76. The van der Waals surface area contributed by atoms with Crippen molar-refractivity contribution in [3.05, 3.63) is 0 Å². The quantitative estimate of drug-likeness (QED) is 0.773. The molecule has 1 saturated heterocycles. The third kappa shape index (κ3) is 4.77. The van der Waals surface area contributed by atoms with E-state index in [0.29, 0.717) is 18.9 Å². The second-order valence-corrected chi connectivity index (χ2v) is 6.74. The summed E-state index contributed by atoms with van der Waals surface area (Å²) in [6, 6.07) is 0.0510. The van der Waals surface area contributed by atoms with E-state index in [1.165, 1.54) is 0 Å². The van der Waals surface area contributed by atoms with E-state index in [1.807, 2.05) is 4.90 Å². The highest BCUT2D eigenvalue weighted by Crippen LogP contribution is 2.32. The molecular formula is C15H30N2O2. The fourth-order valence-electron chi connectivity index (χ4n) is 3.01. The van der Waals surface area contributed by atoms with Gasteiger partial charge in [-0.1, -0.05) is 20.8 Å². The van der Waals surface area contributed by atoms with Gasteiger partial charge in [0, 0.05) is 13.0 Å². The minimum atomic E-state index is 0.0510. The summed E-state index contributed by atoms with van der Waals surface area (Å²) in [5.74, 6) is 0.680. The molecule has 0 saturated carbocycles. The smallest absolute Gasteiger partial charge is 0.222 e. The van der Waals surface area contributed by atoms with Crippen LogP contribution in [0.25, 0.3) is 0 Å². The lowest BCUT2D eigenvalue weighted by molar-refractivity contribution is -0.133. The predicted molar refractivity (Wildman–Crippen MR) is 77.7 cm³/mol. The van der Waals surface area contributed by atoms with Crippen LogP contribution in [0, 0.1) is 11.3 Å². The van der Waals surface area contributed by atoms with Crippen LogP contribution in [0.3, 0.4) is 0 Å². The normalized spacial score (nSPS) is 21.7. The van der Waals surface area contributed by atoms with Crippen LogP contribution in [0.2, 0.25) is 0 Å². The second kappa shape index (κ2) is 7.25. The van der Waals surface area contributed by atoms with Crippen LogP contribution in [0.4, 0.5) is 0 Å². The van der Waals surface area contributed by atoms with Crippen LogP contribution in [0.15, 0.2) is 0 Å². The number of hydrogen-bond acceptors (Lipinski definition) is 3. The van der Waals surface area contributed by atoms with E-state index in [-0.39, 0.29) is 24.0 Å². The maximum atomic E-state index is 12.2. The summed E-state index contributed by atoms with van der Waals surface area (Å²) >= 11 is 0. The van der Waals surface area contributed by atoms with Crippen molar-refractivity contribution in [2.75, 3.05) is 19.7 Å². The Morgan fingerprint density at radius 3 is 2.63 bits per heavy atom. The van der Waals surface area contributed by atoms with Gasteiger partial charge in [0.05, 0.1) is 12.6 Å². The van der Waals surface area contributed by atoms with Crippen LogP contribution in [0.5, 0.6) is 0 Å². The summed E-state index contributed by atoms with van der Waals surface area (Å²) < 4.78 is 0. The number of hydrogen-bond donors (Lipinski definition) is 2. The monoisotopic (exact) mass is 270 g/mol. The molecule has 1 aliphatic rings. The number of aliphatic hydroxyl groups excluding tert-OH is 1. The van der Waals surface area contributed by atoms with Crippen molar-refractivity contribution in [1.29, 1.82) is 0 Å². The van der Waals surface area contributed by atoms with E-state index in [2.05, 4.69) is 20.8 Å². The van der Waals surface area contributed by atoms with E-state index in [1.54, 1.807) is 0 Å². The van der Waals surface area contributed by atoms with Crippen LogP contribution in [-0.2, 0) is 4.79 Å². The molecule has 4 nitrogen and oxygen atoms in total. The Labute approximate surface area is 117 Å². The third-order valence-corrected chi connectivity index (χ3v) is 4.35. The summed E-state index contributed by atoms with van der Waals surface area (Å²) in [5.41, 5.74) is 5.87. The van der Waals surface area contributed by atoms with Gasteiger partial charge in [0.1, 0.15) is 0 Å². The number of aliphatic hydroxyl groups is 1. The molecule has 1 aliphatic heterocycles. The standard InChI is InChI=1S/C15H30N2O2/c1-15(2,3)12(8-9-16)6-7-14(19)17-10-4-5-13(17)11-18/h12-13,18H,4-11,16H2,1-3H3/t12?,13-/m0/s1. The molecule has 1 amide bonds. The molecule has 1 heterocycles. The van der Waals surface area contributed by atoms with Crippen LogP contribution in [-0.4, -0.2) is 41.7 Å². The minimum Gasteiger partial charge on any atom is -0.394 e. The van der Waals surface area contributed by atoms with Gasteiger partial charge in [0.15, 0.2) is 0 Å². The zero-order chi connectivity index (χ0) is 14.5. The van der Waals surface area contributed by atoms with Crippen LogP contribution >= 0.6 is 0 Å². The van der Waals surface area contributed by atoms with E-state index in [4.69, 9.17) is 5.73 Å². The number of rotatable bonds is 6. The van der Waals surface area contributed by atoms with Gasteiger partial charge in [0.25, 0.3) is 0 Å². The van der Waals surface area contributed by atoms with Gasteiger partial charge < -0.3 is 15.7 Å². The average molecular weight is 270 g/mol. The molecule has 0 spiro atoms. The van der Waals surface area contributed by atoms with Gasteiger partial charge in [-0.25, -0.2) is 0 Å².